The summed E-state index contributed by atoms with van der Waals surface area (Å²) in [7, 11) is 5.88. The number of urea groups is 1. The molecule has 1 saturated heterocycles. The average Bonchev–Trinajstić information content (AvgIpc) is 3.44. The Bertz CT molecular complexity index is 1630. The Hall–Kier alpha value is -4.57. The van der Waals surface area contributed by atoms with Crippen molar-refractivity contribution in [1.82, 2.24) is 14.9 Å². The third kappa shape index (κ3) is 6.59. The molecule has 3 aromatic carbocycles. The van der Waals surface area contributed by atoms with Crippen molar-refractivity contribution in [3.8, 4) is 17.4 Å². The van der Waals surface area contributed by atoms with Crippen LogP contribution in [-0.2, 0) is 5.41 Å². The number of amides is 2. The number of nitrogen functional groups attached to an aromatic ring is 1. The predicted octanol–water partition coefficient (Wildman–Crippen LogP) is 6.40. The van der Waals surface area contributed by atoms with Crippen LogP contribution in [-0.4, -0.2) is 61.2 Å². The van der Waals surface area contributed by atoms with Gasteiger partial charge in [0.2, 0.25) is 11.8 Å². The molecule has 0 radical (unpaired) electrons. The molecule has 4 aromatic rings. The van der Waals surface area contributed by atoms with E-state index in [1.54, 1.807) is 19.2 Å². The quantitative estimate of drug-likeness (QED) is 0.229. The minimum Gasteiger partial charge on any atom is -0.492 e. The number of aromatic nitrogens is 2. The molecule has 4 N–H and O–H groups in total. The van der Waals surface area contributed by atoms with Crippen LogP contribution in [0.5, 0.6) is 17.4 Å². The number of likely N-dealkylation sites (N-methyl/N-ethyl adjacent to an activating group) is 1. The van der Waals surface area contributed by atoms with Crippen LogP contribution in [0.3, 0.4) is 0 Å². The molecule has 0 saturated carbocycles. The van der Waals surface area contributed by atoms with E-state index in [-0.39, 0.29) is 17.4 Å². The zero-order valence-electron chi connectivity index (χ0n) is 26.0. The van der Waals surface area contributed by atoms with Crippen molar-refractivity contribution in [2.45, 2.75) is 45.6 Å². The van der Waals surface area contributed by atoms with Crippen molar-refractivity contribution in [3.05, 3.63) is 65.9 Å². The topological polar surface area (TPSA) is 118 Å². The molecule has 43 heavy (non-hydrogen) atoms. The first kappa shape index (κ1) is 29.9. The predicted molar refractivity (Wildman–Crippen MR) is 174 cm³/mol. The van der Waals surface area contributed by atoms with Crippen molar-refractivity contribution >= 4 is 39.8 Å². The van der Waals surface area contributed by atoms with Gasteiger partial charge in [-0.05, 0) is 62.7 Å². The van der Waals surface area contributed by atoms with Gasteiger partial charge in [0.05, 0.1) is 24.2 Å². The van der Waals surface area contributed by atoms with E-state index in [2.05, 4.69) is 71.3 Å². The maximum atomic E-state index is 13.5. The van der Waals surface area contributed by atoms with E-state index in [9.17, 15) is 4.79 Å². The van der Waals surface area contributed by atoms with Crippen LogP contribution in [0, 0.1) is 6.92 Å². The van der Waals surface area contributed by atoms with Gasteiger partial charge < -0.3 is 35.6 Å². The van der Waals surface area contributed by atoms with E-state index in [0.29, 0.717) is 40.5 Å². The summed E-state index contributed by atoms with van der Waals surface area (Å²) < 4.78 is 12.0. The second-order valence-corrected chi connectivity index (χ2v) is 12.2. The van der Waals surface area contributed by atoms with Crippen molar-refractivity contribution in [2.75, 3.05) is 55.6 Å². The van der Waals surface area contributed by atoms with E-state index in [1.807, 2.05) is 43.3 Å². The number of carbonyl (C=O) groups excluding carboxylic acids is 1. The molecule has 5 rings (SSSR count). The Labute approximate surface area is 253 Å². The molecule has 0 bridgehead atoms. The van der Waals surface area contributed by atoms with Gasteiger partial charge in [0.25, 0.3) is 0 Å². The molecular formula is C33H41N7O3. The normalized spacial score (nSPS) is 15.2. The lowest BCUT2D eigenvalue weighted by Crippen LogP contribution is -2.31. The molecule has 1 unspecified atom stereocenters. The van der Waals surface area contributed by atoms with E-state index >= 15 is 0 Å². The Kier molecular flexibility index (Phi) is 8.32. The Balaban J connectivity index is 1.44. The standard InChI is InChI=1S/C33H41N7O3/c1-20-16-29(38-31(34)35-20)43-28-13-12-25(23-10-8-9-11-24(23)28)36-32(41)37-26-17-21(33(2,3)4)18-27(30(26)42-7)40-15-14-22(19-40)39(5)6/h8-13,16-18,22H,14-15,19H2,1-7H3,(H2,34,35,38)(H2,36,37,41). The first-order valence-electron chi connectivity index (χ1n) is 14.5. The average molecular weight is 584 g/mol. The van der Waals surface area contributed by atoms with Crippen molar-refractivity contribution in [2.24, 2.45) is 0 Å². The van der Waals surface area contributed by atoms with Gasteiger partial charge in [-0.1, -0.05) is 45.0 Å². The molecule has 2 heterocycles. The van der Waals surface area contributed by atoms with Crippen LogP contribution in [0.2, 0.25) is 0 Å². The number of nitrogens with one attached hydrogen (secondary N) is 2. The molecule has 1 fully saturated rings. The molecule has 1 aromatic heterocycles. The third-order valence-corrected chi connectivity index (χ3v) is 7.82. The van der Waals surface area contributed by atoms with Crippen LogP contribution in [0.1, 0.15) is 38.4 Å². The monoisotopic (exact) mass is 583 g/mol. The number of aryl methyl sites for hydroxylation is 1. The first-order valence-corrected chi connectivity index (χ1v) is 14.5. The minimum atomic E-state index is -0.374. The number of anilines is 4. The van der Waals surface area contributed by atoms with Gasteiger partial charge in [-0.25, -0.2) is 9.78 Å². The fourth-order valence-corrected chi connectivity index (χ4v) is 5.44. The van der Waals surface area contributed by atoms with Crippen LogP contribution >= 0.6 is 0 Å². The number of nitrogens with zero attached hydrogens (tertiary/aromatic N) is 4. The molecule has 0 spiro atoms. The number of hydrogen-bond acceptors (Lipinski definition) is 8. The zero-order valence-corrected chi connectivity index (χ0v) is 26.0. The molecule has 1 aliphatic rings. The highest BCUT2D eigenvalue weighted by molar-refractivity contribution is 6.08. The fraction of sp³-hybridized carbons (Fsp3) is 0.364. The summed E-state index contributed by atoms with van der Waals surface area (Å²) in [6, 6.07) is 17.3. The Morgan fingerprint density at radius 3 is 2.40 bits per heavy atom. The fourth-order valence-electron chi connectivity index (χ4n) is 5.44. The molecule has 2 amide bonds. The summed E-state index contributed by atoms with van der Waals surface area (Å²) in [6.45, 7) is 10.1. The third-order valence-electron chi connectivity index (χ3n) is 7.82. The summed E-state index contributed by atoms with van der Waals surface area (Å²) in [5.74, 6) is 1.73. The first-order chi connectivity index (χ1) is 20.4. The summed E-state index contributed by atoms with van der Waals surface area (Å²) in [5.41, 5.74) is 9.75. The molecule has 10 heteroatoms. The molecule has 0 aliphatic carbocycles. The second kappa shape index (κ2) is 12.0. The molecule has 10 nitrogen and oxygen atoms in total. The van der Waals surface area contributed by atoms with Gasteiger partial charge in [-0.3, -0.25) is 0 Å². The molecule has 1 atom stereocenters. The lowest BCUT2D eigenvalue weighted by molar-refractivity contribution is 0.262. The summed E-state index contributed by atoms with van der Waals surface area (Å²) in [5, 5.41) is 7.74. The maximum absolute atomic E-state index is 13.5. The van der Waals surface area contributed by atoms with Gasteiger partial charge >= 0.3 is 6.03 Å². The van der Waals surface area contributed by atoms with Crippen LogP contribution in [0.15, 0.2) is 54.6 Å². The maximum Gasteiger partial charge on any atom is 0.323 e. The lowest BCUT2D eigenvalue weighted by atomic mass is 9.86. The highest BCUT2D eigenvalue weighted by Crippen LogP contribution is 2.42. The number of rotatable bonds is 7. The van der Waals surface area contributed by atoms with Gasteiger partial charge in [0.15, 0.2) is 5.75 Å². The Morgan fingerprint density at radius 2 is 1.74 bits per heavy atom. The molecule has 226 valence electrons. The lowest BCUT2D eigenvalue weighted by Gasteiger charge is -2.28. The number of hydrogen-bond donors (Lipinski definition) is 3. The summed E-state index contributed by atoms with van der Waals surface area (Å²) in [4.78, 5) is 26.4. The van der Waals surface area contributed by atoms with E-state index in [0.717, 1.165) is 41.5 Å². The van der Waals surface area contributed by atoms with Crippen LogP contribution in [0.25, 0.3) is 10.8 Å². The van der Waals surface area contributed by atoms with Crippen molar-refractivity contribution in [1.29, 1.82) is 0 Å². The van der Waals surface area contributed by atoms with Crippen LogP contribution in [0.4, 0.5) is 27.8 Å². The van der Waals surface area contributed by atoms with Crippen molar-refractivity contribution < 1.29 is 14.3 Å². The SMILES string of the molecule is COc1c(NC(=O)Nc2ccc(Oc3cc(C)nc(N)n3)c3ccccc23)cc(C(C)(C)C)cc1N1CCC(N(C)C)C1. The van der Waals surface area contributed by atoms with Crippen LogP contribution < -0.4 is 30.7 Å². The Morgan fingerprint density at radius 1 is 1.02 bits per heavy atom. The minimum absolute atomic E-state index is 0.131. The number of methoxy groups -OCH3 is 1. The van der Waals surface area contributed by atoms with Gasteiger partial charge in [-0.15, -0.1) is 0 Å². The number of benzene rings is 3. The van der Waals surface area contributed by atoms with Gasteiger partial charge in [-0.2, -0.15) is 4.98 Å². The zero-order chi connectivity index (χ0) is 30.9. The number of nitrogens with two attached hydrogens (primary N) is 1. The number of carbonyl (C=O) groups is 1. The number of fused-ring (bicyclic) bond motifs is 1. The van der Waals surface area contributed by atoms with Gasteiger partial charge in [0, 0.05) is 41.7 Å². The largest absolute Gasteiger partial charge is 0.492 e. The highest BCUT2D eigenvalue weighted by Gasteiger charge is 2.29. The highest BCUT2D eigenvalue weighted by atomic mass is 16.5. The molecular weight excluding hydrogens is 542 g/mol. The summed E-state index contributed by atoms with van der Waals surface area (Å²) in [6.07, 6.45) is 1.07. The smallest absolute Gasteiger partial charge is 0.323 e. The van der Waals surface area contributed by atoms with E-state index in [1.165, 1.54) is 0 Å². The number of ether oxygens (including phenoxy) is 2. The van der Waals surface area contributed by atoms with Gasteiger partial charge in [0.1, 0.15) is 5.75 Å². The van der Waals surface area contributed by atoms with E-state index in [4.69, 9.17) is 15.2 Å². The molecule has 1 aliphatic heterocycles. The second-order valence-electron chi connectivity index (χ2n) is 12.2. The van der Waals surface area contributed by atoms with E-state index < -0.39 is 0 Å². The van der Waals surface area contributed by atoms with Crippen molar-refractivity contribution in [3.63, 3.8) is 0 Å². The summed E-state index contributed by atoms with van der Waals surface area (Å²) >= 11 is 0.